The molecule has 0 aliphatic carbocycles. The van der Waals surface area contributed by atoms with Crippen LogP contribution < -0.4 is 16.2 Å². The summed E-state index contributed by atoms with van der Waals surface area (Å²) in [5.41, 5.74) is 12.0. The van der Waals surface area contributed by atoms with Gasteiger partial charge in [0.2, 0.25) is 6.29 Å². The number of hydrogen-bond acceptors (Lipinski definition) is 8. The van der Waals surface area contributed by atoms with E-state index in [2.05, 4.69) is 6.92 Å². The quantitative estimate of drug-likeness (QED) is 0.0399. The third-order valence-electron chi connectivity index (χ3n) is 6.94. The largest absolute Gasteiger partial charge is 0.423 e. The van der Waals surface area contributed by atoms with Crippen LogP contribution in [0.25, 0.3) is 6.08 Å². The van der Waals surface area contributed by atoms with Gasteiger partial charge in [-0.1, -0.05) is 64.0 Å². The molecule has 1 atom stereocenters. The van der Waals surface area contributed by atoms with Crippen molar-refractivity contribution in [3.8, 4) is 5.75 Å². The first-order chi connectivity index (χ1) is 21.9. The number of hydrogen-bond donors (Lipinski definition) is 2. The fraction of sp³-hybridized carbons (Fsp3) is 0.343. The molecular formula is C35H39F3N2O6. The van der Waals surface area contributed by atoms with Crippen LogP contribution in [-0.4, -0.2) is 24.2 Å². The molecule has 4 N–H and O–H groups in total. The van der Waals surface area contributed by atoms with E-state index in [9.17, 15) is 27.6 Å². The summed E-state index contributed by atoms with van der Waals surface area (Å²) in [5.74, 6) is -2.12. The second kappa shape index (κ2) is 17.6. The van der Waals surface area contributed by atoms with Crippen LogP contribution in [0, 0.1) is 0 Å². The molecule has 0 aliphatic heterocycles. The Morgan fingerprint density at radius 2 is 1.33 bits per heavy atom. The summed E-state index contributed by atoms with van der Waals surface area (Å²) in [6.07, 6.45) is 5.84. The molecule has 0 fully saturated rings. The van der Waals surface area contributed by atoms with Crippen LogP contribution in [0.3, 0.4) is 0 Å². The Hall–Kier alpha value is -4.80. The number of esters is 3. The highest BCUT2D eigenvalue weighted by molar-refractivity contribution is 5.92. The molecule has 0 heterocycles. The van der Waals surface area contributed by atoms with Crippen molar-refractivity contribution in [2.75, 3.05) is 11.5 Å². The molecule has 0 saturated carbocycles. The molecule has 0 radical (unpaired) electrons. The average molecular weight is 641 g/mol. The van der Waals surface area contributed by atoms with Crippen molar-refractivity contribution >= 4 is 35.4 Å². The van der Waals surface area contributed by atoms with Gasteiger partial charge in [-0.3, -0.25) is 0 Å². The fourth-order valence-electron chi connectivity index (χ4n) is 4.51. The van der Waals surface area contributed by atoms with Gasteiger partial charge < -0.3 is 25.7 Å². The van der Waals surface area contributed by atoms with Crippen molar-refractivity contribution in [1.29, 1.82) is 0 Å². The Labute approximate surface area is 266 Å². The molecule has 0 spiro atoms. The van der Waals surface area contributed by atoms with Gasteiger partial charge in [0.15, 0.2) is 0 Å². The first kappa shape index (κ1) is 35.7. The predicted octanol–water partition coefficient (Wildman–Crippen LogP) is 8.36. The molecule has 0 saturated heterocycles. The maximum absolute atomic E-state index is 12.8. The van der Waals surface area contributed by atoms with E-state index in [-0.39, 0.29) is 16.9 Å². The van der Waals surface area contributed by atoms with Gasteiger partial charge in [-0.2, -0.15) is 13.2 Å². The number of rotatable bonds is 16. The number of nitrogen functional groups attached to an aromatic ring is 2. The molecule has 8 nitrogen and oxygen atoms in total. The average Bonchev–Trinajstić information content (AvgIpc) is 3.01. The van der Waals surface area contributed by atoms with Gasteiger partial charge >= 0.3 is 24.1 Å². The van der Waals surface area contributed by atoms with Crippen LogP contribution in [0.15, 0.2) is 72.8 Å². The zero-order chi connectivity index (χ0) is 33.5. The maximum Gasteiger partial charge on any atom is 0.416 e. The second-order valence-electron chi connectivity index (χ2n) is 10.8. The topological polar surface area (TPSA) is 131 Å². The molecule has 0 aliphatic rings. The van der Waals surface area contributed by atoms with Crippen molar-refractivity contribution in [2.24, 2.45) is 0 Å². The van der Waals surface area contributed by atoms with E-state index in [1.54, 1.807) is 12.1 Å². The molecular weight excluding hydrogens is 601 g/mol. The van der Waals surface area contributed by atoms with Gasteiger partial charge in [-0.15, -0.1) is 0 Å². The molecule has 46 heavy (non-hydrogen) atoms. The lowest BCUT2D eigenvalue weighted by molar-refractivity contribution is -0.163. The monoisotopic (exact) mass is 640 g/mol. The van der Waals surface area contributed by atoms with E-state index >= 15 is 0 Å². The van der Waals surface area contributed by atoms with E-state index in [1.807, 2.05) is 0 Å². The van der Waals surface area contributed by atoms with Crippen LogP contribution in [-0.2, 0) is 20.4 Å². The Balaban J connectivity index is 1.56. The van der Waals surface area contributed by atoms with Gasteiger partial charge in [0.05, 0.1) is 16.7 Å². The highest BCUT2D eigenvalue weighted by Crippen LogP contribution is 2.29. The number of nitrogens with two attached hydrogens (primary N) is 2. The van der Waals surface area contributed by atoms with Crippen molar-refractivity contribution in [2.45, 2.75) is 77.2 Å². The van der Waals surface area contributed by atoms with E-state index < -0.39 is 35.9 Å². The van der Waals surface area contributed by atoms with Gasteiger partial charge in [0, 0.05) is 23.9 Å². The SMILES string of the molecule is CCCCCCCCCCC(OC(=O)C=Cc1ccc(OC(=O)c2ccc(C(F)(F)F)cc2)cc1)OC(=O)c1cc(N)cc(N)c1. The molecule has 0 amide bonds. The number of carbonyl (C=O) groups excluding carboxylic acids is 3. The summed E-state index contributed by atoms with van der Waals surface area (Å²) in [7, 11) is 0. The van der Waals surface area contributed by atoms with E-state index in [1.165, 1.54) is 68.2 Å². The number of carbonyl (C=O) groups is 3. The third kappa shape index (κ3) is 12.3. The molecule has 3 aromatic rings. The van der Waals surface area contributed by atoms with Gasteiger partial charge in [0.1, 0.15) is 5.75 Å². The van der Waals surface area contributed by atoms with Crippen LogP contribution in [0.1, 0.15) is 96.6 Å². The van der Waals surface area contributed by atoms with Crippen molar-refractivity contribution < 1.29 is 41.8 Å². The number of anilines is 2. The Morgan fingerprint density at radius 1 is 0.739 bits per heavy atom. The lowest BCUT2D eigenvalue weighted by atomic mass is 10.1. The molecule has 0 bridgehead atoms. The van der Waals surface area contributed by atoms with Crippen LogP contribution >= 0.6 is 0 Å². The van der Waals surface area contributed by atoms with Gasteiger partial charge in [0.25, 0.3) is 0 Å². The zero-order valence-electron chi connectivity index (χ0n) is 25.7. The zero-order valence-corrected chi connectivity index (χ0v) is 25.7. The Kier molecular flexibility index (Phi) is 13.7. The molecule has 3 aromatic carbocycles. The lowest BCUT2D eigenvalue weighted by Gasteiger charge is -2.18. The van der Waals surface area contributed by atoms with Crippen LogP contribution in [0.4, 0.5) is 24.5 Å². The van der Waals surface area contributed by atoms with Crippen molar-refractivity contribution in [3.63, 3.8) is 0 Å². The van der Waals surface area contributed by atoms with E-state index in [0.717, 1.165) is 43.5 Å². The Bertz CT molecular complexity index is 1450. The first-order valence-corrected chi connectivity index (χ1v) is 15.2. The summed E-state index contributed by atoms with van der Waals surface area (Å²) in [5, 5.41) is 0. The molecule has 11 heteroatoms. The fourth-order valence-corrected chi connectivity index (χ4v) is 4.51. The second-order valence-corrected chi connectivity index (χ2v) is 10.8. The lowest BCUT2D eigenvalue weighted by Crippen LogP contribution is -2.24. The van der Waals surface area contributed by atoms with Crippen LogP contribution in [0.5, 0.6) is 5.75 Å². The predicted molar refractivity (Wildman–Crippen MR) is 170 cm³/mol. The Morgan fingerprint density at radius 3 is 1.91 bits per heavy atom. The van der Waals surface area contributed by atoms with Gasteiger partial charge in [-0.05, 0) is 72.7 Å². The number of benzene rings is 3. The summed E-state index contributed by atoms with van der Waals surface area (Å²) in [6.45, 7) is 2.17. The summed E-state index contributed by atoms with van der Waals surface area (Å²) < 4.78 is 54.5. The number of unbranched alkanes of at least 4 members (excludes halogenated alkanes) is 7. The molecule has 3 rings (SSSR count). The van der Waals surface area contributed by atoms with Crippen LogP contribution in [0.2, 0.25) is 0 Å². The summed E-state index contributed by atoms with van der Waals surface area (Å²) in [4.78, 5) is 37.8. The summed E-state index contributed by atoms with van der Waals surface area (Å²) >= 11 is 0. The third-order valence-corrected chi connectivity index (χ3v) is 6.94. The minimum Gasteiger partial charge on any atom is -0.423 e. The minimum atomic E-state index is -4.51. The van der Waals surface area contributed by atoms with E-state index in [4.69, 9.17) is 25.7 Å². The smallest absolute Gasteiger partial charge is 0.416 e. The highest BCUT2D eigenvalue weighted by Gasteiger charge is 2.30. The molecule has 246 valence electrons. The minimum absolute atomic E-state index is 0.0406. The van der Waals surface area contributed by atoms with Crippen molar-refractivity contribution in [1.82, 2.24) is 0 Å². The standard InChI is InChI=1S/C35H39F3N2O6/c1-2-3-4-5-6-7-8-9-10-32(46-34(43)26-21-28(39)23-29(40)22-26)45-31(41)20-13-24-11-18-30(19-12-24)44-33(42)25-14-16-27(17-15-25)35(36,37)38/h11-23,32H,2-10,39-40H2,1H3. The first-order valence-electron chi connectivity index (χ1n) is 15.2. The molecule has 0 aromatic heterocycles. The number of halogens is 3. The van der Waals surface area contributed by atoms with Crippen molar-refractivity contribution in [3.05, 3.63) is 95.1 Å². The highest BCUT2D eigenvalue weighted by atomic mass is 19.4. The normalized spacial score (nSPS) is 12.1. The number of ether oxygens (including phenoxy) is 3. The number of alkyl halides is 3. The van der Waals surface area contributed by atoms with Gasteiger partial charge in [-0.25, -0.2) is 14.4 Å². The van der Waals surface area contributed by atoms with E-state index in [0.29, 0.717) is 29.8 Å². The molecule has 1 unspecified atom stereocenters. The maximum atomic E-state index is 12.8. The summed E-state index contributed by atoms with van der Waals surface area (Å²) in [6, 6.07) is 14.1.